The van der Waals surface area contributed by atoms with E-state index in [1.54, 1.807) is 23.1 Å². The van der Waals surface area contributed by atoms with Crippen molar-refractivity contribution in [1.29, 1.82) is 0 Å². The Morgan fingerprint density at radius 3 is 2.69 bits per heavy atom. The molecule has 92 valence electrons. The summed E-state index contributed by atoms with van der Waals surface area (Å²) in [5, 5.41) is 13.0. The van der Waals surface area contributed by atoms with Gasteiger partial charge in [-0.25, -0.2) is 4.98 Å². The number of hydrogen-bond acceptors (Lipinski definition) is 4. The fourth-order valence-electron chi connectivity index (χ4n) is 1.31. The molecule has 1 heterocycles. The van der Waals surface area contributed by atoms with Crippen LogP contribution in [0.5, 0.6) is 0 Å². The van der Waals surface area contributed by atoms with Crippen LogP contribution in [0.15, 0.2) is 5.38 Å². The third kappa shape index (κ3) is 4.44. The monoisotopic (exact) mass is 259 g/mol. The maximum atomic E-state index is 9.80. The van der Waals surface area contributed by atoms with Gasteiger partial charge in [-0.15, -0.1) is 11.3 Å². The van der Waals surface area contributed by atoms with Crippen molar-refractivity contribution < 1.29 is 5.11 Å². The minimum absolute atomic E-state index is 0.110. The summed E-state index contributed by atoms with van der Waals surface area (Å²) in [5.74, 6) is 1.01. The highest BCUT2D eigenvalue weighted by molar-refractivity contribution is 7.98. The van der Waals surface area contributed by atoms with Crippen LogP contribution in [-0.4, -0.2) is 28.2 Å². The fourth-order valence-corrected chi connectivity index (χ4v) is 2.91. The van der Waals surface area contributed by atoms with Crippen LogP contribution < -0.4 is 0 Å². The van der Waals surface area contributed by atoms with Gasteiger partial charge in [0.25, 0.3) is 0 Å². The second-order valence-electron chi connectivity index (χ2n) is 5.02. The minimum atomic E-state index is -0.244. The molecule has 16 heavy (non-hydrogen) atoms. The van der Waals surface area contributed by atoms with E-state index in [4.69, 9.17) is 0 Å². The molecule has 0 fully saturated rings. The molecule has 0 aromatic carbocycles. The maximum Gasteiger partial charge on any atom is 0.0954 e. The molecule has 0 aliphatic carbocycles. The summed E-state index contributed by atoms with van der Waals surface area (Å²) in [6.07, 6.45) is 3.37. The summed E-state index contributed by atoms with van der Waals surface area (Å²) in [6, 6.07) is 0. The van der Waals surface area contributed by atoms with Crippen molar-refractivity contribution in [2.45, 2.75) is 45.1 Å². The first-order valence-corrected chi connectivity index (χ1v) is 7.82. The van der Waals surface area contributed by atoms with E-state index in [0.717, 1.165) is 22.9 Å². The molecule has 0 saturated carbocycles. The zero-order valence-corrected chi connectivity index (χ0v) is 12.1. The number of nitrogens with zero attached hydrogens (tertiary/aromatic N) is 1. The van der Waals surface area contributed by atoms with E-state index in [9.17, 15) is 5.11 Å². The third-order valence-electron chi connectivity index (χ3n) is 2.39. The third-order valence-corrected chi connectivity index (χ3v) is 3.90. The number of thiazole rings is 1. The van der Waals surface area contributed by atoms with Crippen LogP contribution >= 0.6 is 23.1 Å². The first-order valence-electron chi connectivity index (χ1n) is 5.55. The lowest BCUT2D eigenvalue weighted by Gasteiger charge is -2.14. The summed E-state index contributed by atoms with van der Waals surface area (Å²) in [7, 11) is 0. The van der Waals surface area contributed by atoms with E-state index in [0.29, 0.717) is 6.42 Å². The Hall–Kier alpha value is -0.0600. The molecule has 0 bridgehead atoms. The highest BCUT2D eigenvalue weighted by atomic mass is 32.2. The first-order chi connectivity index (χ1) is 7.43. The lowest BCUT2D eigenvalue weighted by atomic mass is 9.93. The molecule has 4 heteroatoms. The van der Waals surface area contributed by atoms with Crippen LogP contribution in [-0.2, 0) is 11.8 Å². The van der Waals surface area contributed by atoms with Gasteiger partial charge in [0.15, 0.2) is 0 Å². The quantitative estimate of drug-likeness (QED) is 0.882. The second-order valence-corrected chi connectivity index (χ2v) is 6.94. The highest BCUT2D eigenvalue weighted by Crippen LogP contribution is 2.24. The van der Waals surface area contributed by atoms with Gasteiger partial charge in [-0.2, -0.15) is 11.8 Å². The number of aromatic nitrogens is 1. The van der Waals surface area contributed by atoms with Gasteiger partial charge < -0.3 is 5.11 Å². The van der Waals surface area contributed by atoms with E-state index < -0.39 is 0 Å². The molecule has 0 amide bonds. The van der Waals surface area contributed by atoms with Gasteiger partial charge in [-0.3, -0.25) is 0 Å². The Morgan fingerprint density at radius 1 is 1.50 bits per heavy atom. The smallest absolute Gasteiger partial charge is 0.0954 e. The van der Waals surface area contributed by atoms with Gasteiger partial charge >= 0.3 is 0 Å². The Labute approximate surface area is 106 Å². The fraction of sp³-hybridized carbons (Fsp3) is 0.750. The van der Waals surface area contributed by atoms with E-state index in [-0.39, 0.29) is 11.5 Å². The van der Waals surface area contributed by atoms with E-state index in [2.05, 4.69) is 37.4 Å². The molecule has 0 radical (unpaired) electrons. The predicted octanol–water partition coefficient (Wildman–Crippen LogP) is 3.10. The van der Waals surface area contributed by atoms with Crippen LogP contribution in [0.25, 0.3) is 0 Å². The molecule has 2 nitrogen and oxygen atoms in total. The highest BCUT2D eigenvalue weighted by Gasteiger charge is 2.18. The topological polar surface area (TPSA) is 33.1 Å². The van der Waals surface area contributed by atoms with Crippen LogP contribution in [0.1, 0.15) is 37.9 Å². The minimum Gasteiger partial charge on any atom is -0.393 e. The van der Waals surface area contributed by atoms with Crippen molar-refractivity contribution in [3.8, 4) is 0 Å². The predicted molar refractivity (Wildman–Crippen MR) is 73.5 cm³/mol. The molecule has 1 aromatic heterocycles. The van der Waals surface area contributed by atoms with Gasteiger partial charge in [0.1, 0.15) is 0 Å². The summed E-state index contributed by atoms with van der Waals surface area (Å²) >= 11 is 3.43. The lowest BCUT2D eigenvalue weighted by molar-refractivity contribution is 0.172. The Morgan fingerprint density at radius 2 is 2.19 bits per heavy atom. The van der Waals surface area contributed by atoms with Gasteiger partial charge in [0.2, 0.25) is 0 Å². The molecular weight excluding hydrogens is 238 g/mol. The van der Waals surface area contributed by atoms with Gasteiger partial charge in [0, 0.05) is 17.2 Å². The Kier molecular flexibility index (Phi) is 5.28. The molecule has 1 unspecified atom stereocenters. The van der Waals surface area contributed by atoms with Crippen LogP contribution in [0.3, 0.4) is 0 Å². The second kappa shape index (κ2) is 6.03. The summed E-state index contributed by atoms with van der Waals surface area (Å²) in [6.45, 7) is 6.49. The number of rotatable bonds is 5. The van der Waals surface area contributed by atoms with Gasteiger partial charge in [-0.05, 0) is 18.4 Å². The first kappa shape index (κ1) is 14.0. The van der Waals surface area contributed by atoms with Gasteiger partial charge in [0.05, 0.1) is 16.8 Å². The normalized spacial score (nSPS) is 14.1. The number of aliphatic hydroxyl groups excluding tert-OH is 1. The molecule has 1 N–H and O–H groups in total. The van der Waals surface area contributed by atoms with Crippen molar-refractivity contribution in [1.82, 2.24) is 4.98 Å². The van der Waals surface area contributed by atoms with E-state index in [1.807, 2.05) is 0 Å². The zero-order chi connectivity index (χ0) is 12.2. The SMILES string of the molecule is CSCCC(O)Cc1nc(C(C)(C)C)cs1. The molecule has 0 aliphatic rings. The van der Waals surface area contributed by atoms with Crippen molar-refractivity contribution in [2.75, 3.05) is 12.0 Å². The maximum absolute atomic E-state index is 9.80. The molecular formula is C12H21NOS2. The van der Waals surface area contributed by atoms with Crippen molar-refractivity contribution in [2.24, 2.45) is 0 Å². The Balaban J connectivity index is 2.52. The van der Waals surface area contributed by atoms with Crippen molar-refractivity contribution in [3.63, 3.8) is 0 Å². The van der Waals surface area contributed by atoms with E-state index in [1.165, 1.54) is 0 Å². The van der Waals surface area contributed by atoms with Crippen molar-refractivity contribution >= 4 is 23.1 Å². The molecule has 1 aromatic rings. The molecule has 0 spiro atoms. The molecule has 1 atom stereocenters. The number of thioether (sulfide) groups is 1. The largest absolute Gasteiger partial charge is 0.393 e. The molecule has 0 aliphatic heterocycles. The average molecular weight is 259 g/mol. The van der Waals surface area contributed by atoms with Crippen molar-refractivity contribution in [3.05, 3.63) is 16.1 Å². The zero-order valence-electron chi connectivity index (χ0n) is 10.5. The van der Waals surface area contributed by atoms with E-state index >= 15 is 0 Å². The van der Waals surface area contributed by atoms with Crippen LogP contribution in [0.2, 0.25) is 0 Å². The summed E-state index contributed by atoms with van der Waals surface area (Å²) < 4.78 is 0. The summed E-state index contributed by atoms with van der Waals surface area (Å²) in [5.41, 5.74) is 1.24. The average Bonchev–Trinajstić information content (AvgIpc) is 2.62. The van der Waals surface area contributed by atoms with Crippen LogP contribution in [0, 0.1) is 0 Å². The standard InChI is InChI=1S/C12H21NOS2/c1-12(2,3)10-8-16-11(13-10)7-9(14)5-6-15-4/h8-9,14H,5-7H2,1-4H3. The lowest BCUT2D eigenvalue weighted by Crippen LogP contribution is -2.14. The summed E-state index contributed by atoms with van der Waals surface area (Å²) in [4.78, 5) is 4.58. The van der Waals surface area contributed by atoms with Gasteiger partial charge in [-0.1, -0.05) is 20.8 Å². The van der Waals surface area contributed by atoms with Crippen LogP contribution in [0.4, 0.5) is 0 Å². The molecule has 0 saturated heterocycles. The number of hydrogen-bond donors (Lipinski definition) is 1. The molecule has 1 rings (SSSR count). The Bertz CT molecular complexity index is 317. The number of aliphatic hydroxyl groups is 1.